The standard InChI is InChI=1S/C13H21N.C11H12N2.C8H10/c1-4-10-14(11-5-2)13-9-7-6-8-12(13)3;1-8-4-5-10(9(2)7-12)6-11(8)13-3;1-3-8-5-4-7(2)6-8/h6-9H,4-5,10-11H2,1-3H3;4-6,13H,2H2,1,3H3;3-5H,1,6H2,2H3. The highest BCUT2D eigenvalue weighted by molar-refractivity contribution is 5.77. The molecule has 0 unspecified atom stereocenters. The van der Waals surface area contributed by atoms with Gasteiger partial charge in [-0.3, -0.25) is 0 Å². The van der Waals surface area contributed by atoms with Crippen molar-refractivity contribution in [3.8, 4) is 6.07 Å². The summed E-state index contributed by atoms with van der Waals surface area (Å²) in [7, 11) is 1.86. The molecule has 0 fully saturated rings. The van der Waals surface area contributed by atoms with Gasteiger partial charge in [-0.25, -0.2) is 0 Å². The van der Waals surface area contributed by atoms with Crippen molar-refractivity contribution in [1.29, 1.82) is 5.26 Å². The van der Waals surface area contributed by atoms with E-state index in [0.29, 0.717) is 5.57 Å². The van der Waals surface area contributed by atoms with Crippen molar-refractivity contribution in [1.82, 2.24) is 0 Å². The molecular weight excluding hydrogens is 426 g/mol. The highest BCUT2D eigenvalue weighted by Crippen LogP contribution is 2.21. The Kier molecular flexibility index (Phi) is 13.6. The quantitative estimate of drug-likeness (QED) is 0.393. The van der Waals surface area contributed by atoms with E-state index < -0.39 is 0 Å². The highest BCUT2D eigenvalue weighted by Gasteiger charge is 2.05. The molecule has 0 heterocycles. The molecule has 0 bridgehead atoms. The Morgan fingerprint density at radius 1 is 1.03 bits per heavy atom. The van der Waals surface area contributed by atoms with E-state index in [1.165, 1.54) is 48.3 Å². The number of nitrogens with zero attached hydrogens (tertiary/aromatic N) is 2. The Hall–Kier alpha value is -3.51. The van der Waals surface area contributed by atoms with Gasteiger partial charge in [0.05, 0.1) is 11.6 Å². The van der Waals surface area contributed by atoms with Gasteiger partial charge in [0.1, 0.15) is 0 Å². The lowest BCUT2D eigenvalue weighted by Gasteiger charge is -2.25. The lowest BCUT2D eigenvalue weighted by Crippen LogP contribution is -2.25. The third kappa shape index (κ3) is 10.1. The first kappa shape index (κ1) is 29.5. The number of hydrogen-bond donors (Lipinski definition) is 1. The van der Waals surface area contributed by atoms with Crippen LogP contribution in [0.1, 0.15) is 56.7 Å². The maximum absolute atomic E-state index is 8.65. The molecule has 1 N–H and O–H groups in total. The van der Waals surface area contributed by atoms with E-state index >= 15 is 0 Å². The SMILES string of the molecule is C=C(C#N)c1ccc(C)c(NC)c1.C=CC1=CC=C(C)C1.CCCN(CCC)c1ccccc1C. The average Bonchev–Trinajstić information content (AvgIpc) is 3.30. The van der Waals surface area contributed by atoms with Crippen molar-refractivity contribution >= 4 is 16.9 Å². The fraction of sp³-hybridized carbons (Fsp3) is 0.344. The Labute approximate surface area is 214 Å². The highest BCUT2D eigenvalue weighted by atomic mass is 15.1. The number of aryl methyl sites for hydroxylation is 2. The number of para-hydroxylation sites is 1. The monoisotopic (exact) mass is 469 g/mol. The molecule has 0 spiro atoms. The number of hydrogen-bond acceptors (Lipinski definition) is 3. The molecule has 0 aliphatic heterocycles. The third-order valence-electron chi connectivity index (χ3n) is 5.76. The summed E-state index contributed by atoms with van der Waals surface area (Å²) in [4.78, 5) is 2.48. The Morgan fingerprint density at radius 2 is 1.69 bits per heavy atom. The zero-order valence-corrected chi connectivity index (χ0v) is 22.6. The molecule has 3 nitrogen and oxygen atoms in total. The molecule has 0 atom stereocenters. The minimum atomic E-state index is 0.497. The van der Waals surface area contributed by atoms with Crippen LogP contribution in [0.2, 0.25) is 0 Å². The molecule has 3 rings (SSSR count). The first-order chi connectivity index (χ1) is 16.8. The summed E-state index contributed by atoms with van der Waals surface area (Å²) in [5.74, 6) is 0. The van der Waals surface area contributed by atoms with Crippen LogP contribution < -0.4 is 10.2 Å². The van der Waals surface area contributed by atoms with Crippen LogP contribution in [0.4, 0.5) is 11.4 Å². The maximum atomic E-state index is 8.65. The predicted molar refractivity (Wildman–Crippen MR) is 156 cm³/mol. The van der Waals surface area contributed by atoms with Gasteiger partial charge in [-0.2, -0.15) is 5.26 Å². The van der Waals surface area contributed by atoms with Crippen LogP contribution in [-0.2, 0) is 0 Å². The van der Waals surface area contributed by atoms with Gasteiger partial charge in [-0.15, -0.1) is 0 Å². The number of rotatable bonds is 8. The van der Waals surface area contributed by atoms with E-state index in [4.69, 9.17) is 5.26 Å². The van der Waals surface area contributed by atoms with Crippen LogP contribution in [0.5, 0.6) is 0 Å². The fourth-order valence-corrected chi connectivity index (χ4v) is 3.78. The lowest BCUT2D eigenvalue weighted by molar-refractivity contribution is 0.743. The number of benzene rings is 2. The second-order valence-corrected chi connectivity index (χ2v) is 8.78. The normalized spacial score (nSPS) is 11.5. The molecular formula is C32H43N3. The van der Waals surface area contributed by atoms with Crippen molar-refractivity contribution in [3.05, 3.63) is 102 Å². The van der Waals surface area contributed by atoms with Crippen LogP contribution in [0.3, 0.4) is 0 Å². The van der Waals surface area contributed by atoms with Crippen molar-refractivity contribution in [2.24, 2.45) is 0 Å². The van der Waals surface area contributed by atoms with Gasteiger partial charge < -0.3 is 10.2 Å². The van der Waals surface area contributed by atoms with Gasteiger partial charge in [0.25, 0.3) is 0 Å². The summed E-state index contributed by atoms with van der Waals surface area (Å²) in [5, 5.41) is 11.7. The molecule has 2 aromatic rings. The van der Waals surface area contributed by atoms with Gasteiger partial charge in [0.15, 0.2) is 0 Å². The second-order valence-electron chi connectivity index (χ2n) is 8.78. The van der Waals surface area contributed by atoms with Gasteiger partial charge in [0.2, 0.25) is 0 Å². The zero-order chi connectivity index (χ0) is 26.2. The van der Waals surface area contributed by atoms with Gasteiger partial charge >= 0.3 is 0 Å². The maximum Gasteiger partial charge on any atom is 0.0991 e. The van der Waals surface area contributed by atoms with Crippen LogP contribution in [0, 0.1) is 25.2 Å². The first-order valence-electron chi connectivity index (χ1n) is 12.5. The largest absolute Gasteiger partial charge is 0.388 e. The van der Waals surface area contributed by atoms with E-state index in [2.05, 4.69) is 87.5 Å². The number of nitriles is 1. The Morgan fingerprint density at radius 3 is 2.14 bits per heavy atom. The lowest BCUT2D eigenvalue weighted by atomic mass is 10.1. The van der Waals surface area contributed by atoms with Crippen LogP contribution in [0.25, 0.3) is 5.57 Å². The number of allylic oxidation sites excluding steroid dienone is 6. The van der Waals surface area contributed by atoms with Gasteiger partial charge in [-0.05, 0) is 74.4 Å². The van der Waals surface area contributed by atoms with Crippen LogP contribution in [0.15, 0.2) is 85.0 Å². The number of nitrogens with one attached hydrogen (secondary N) is 1. The molecule has 0 saturated heterocycles. The van der Waals surface area contributed by atoms with Crippen molar-refractivity contribution in [2.75, 3.05) is 30.4 Å². The van der Waals surface area contributed by atoms with Crippen molar-refractivity contribution in [3.63, 3.8) is 0 Å². The summed E-state index contributed by atoms with van der Waals surface area (Å²) >= 11 is 0. The molecule has 0 aromatic heterocycles. The molecule has 0 amide bonds. The second kappa shape index (κ2) is 16.2. The summed E-state index contributed by atoms with van der Waals surface area (Å²) in [6.45, 7) is 20.5. The van der Waals surface area contributed by atoms with E-state index in [1.54, 1.807) is 0 Å². The smallest absolute Gasteiger partial charge is 0.0991 e. The van der Waals surface area contributed by atoms with Crippen LogP contribution in [-0.4, -0.2) is 20.1 Å². The molecule has 0 saturated carbocycles. The van der Waals surface area contributed by atoms with Crippen molar-refractivity contribution in [2.45, 2.75) is 53.9 Å². The van der Waals surface area contributed by atoms with Crippen molar-refractivity contribution < 1.29 is 0 Å². The summed E-state index contributed by atoms with van der Waals surface area (Å²) < 4.78 is 0. The van der Waals surface area contributed by atoms with Crippen LogP contribution >= 0.6 is 0 Å². The van der Waals surface area contributed by atoms with E-state index in [0.717, 1.165) is 23.2 Å². The summed E-state index contributed by atoms with van der Waals surface area (Å²) in [5.41, 5.74) is 9.12. The first-order valence-corrected chi connectivity index (χ1v) is 12.5. The van der Waals surface area contributed by atoms with E-state index in [-0.39, 0.29) is 0 Å². The Bertz CT molecular complexity index is 1060. The summed E-state index contributed by atoms with van der Waals surface area (Å²) in [6.07, 6.45) is 9.69. The molecule has 186 valence electrons. The molecule has 1 aliphatic carbocycles. The average molecular weight is 470 g/mol. The third-order valence-corrected chi connectivity index (χ3v) is 5.76. The number of anilines is 2. The summed E-state index contributed by atoms with van der Waals surface area (Å²) in [6, 6.07) is 16.5. The molecule has 3 heteroatoms. The Balaban J connectivity index is 0.000000272. The molecule has 35 heavy (non-hydrogen) atoms. The zero-order valence-electron chi connectivity index (χ0n) is 22.6. The fourth-order valence-electron chi connectivity index (χ4n) is 3.78. The van der Waals surface area contributed by atoms with Gasteiger partial charge in [0, 0.05) is 31.5 Å². The van der Waals surface area contributed by atoms with E-state index in [1.807, 2.05) is 44.3 Å². The molecule has 1 aliphatic rings. The molecule has 0 radical (unpaired) electrons. The topological polar surface area (TPSA) is 39.1 Å². The van der Waals surface area contributed by atoms with E-state index in [9.17, 15) is 0 Å². The minimum Gasteiger partial charge on any atom is -0.388 e. The minimum absolute atomic E-state index is 0.497. The van der Waals surface area contributed by atoms with Gasteiger partial charge in [-0.1, -0.05) is 81.1 Å². The predicted octanol–water partition coefficient (Wildman–Crippen LogP) is 8.64. The molecule has 2 aromatic carbocycles.